The molecule has 0 bridgehead atoms. The average Bonchev–Trinajstić information content (AvgIpc) is 3.11. The summed E-state index contributed by atoms with van der Waals surface area (Å²) in [6.07, 6.45) is 1.42. The molecule has 1 saturated carbocycles. The highest BCUT2D eigenvalue weighted by molar-refractivity contribution is 5.86. The standard InChI is InChI=1S/C18H18F4O4/c1-7(16(23)24)5-10-11(18(10,3)4)17(25)26-6-9-14(21)12(19)8(2)13(20)15(9)22/h5,10-11H,6H2,1-4H3,(H,23,24). The molecule has 1 N–H and O–H groups in total. The van der Waals surface area contributed by atoms with E-state index in [1.54, 1.807) is 13.8 Å². The van der Waals surface area contributed by atoms with E-state index in [-0.39, 0.29) is 5.57 Å². The van der Waals surface area contributed by atoms with Crippen LogP contribution < -0.4 is 0 Å². The molecular formula is C18H18F4O4. The molecule has 0 amide bonds. The molecule has 0 spiro atoms. The van der Waals surface area contributed by atoms with E-state index in [4.69, 9.17) is 9.84 Å². The predicted octanol–water partition coefficient (Wildman–Crippen LogP) is 3.90. The summed E-state index contributed by atoms with van der Waals surface area (Å²) < 4.78 is 59.6. The molecule has 2 unspecified atom stereocenters. The minimum Gasteiger partial charge on any atom is -0.478 e. The third-order valence-electron chi connectivity index (χ3n) is 4.86. The highest BCUT2D eigenvalue weighted by Gasteiger charge is 2.61. The van der Waals surface area contributed by atoms with E-state index in [0.717, 1.165) is 6.92 Å². The lowest BCUT2D eigenvalue weighted by atomic mass is 10.1. The van der Waals surface area contributed by atoms with Crippen LogP contribution in [0.1, 0.15) is 31.9 Å². The van der Waals surface area contributed by atoms with Gasteiger partial charge in [0.2, 0.25) is 0 Å². The molecule has 26 heavy (non-hydrogen) atoms. The second kappa shape index (κ2) is 6.74. The van der Waals surface area contributed by atoms with E-state index in [2.05, 4.69) is 0 Å². The molecule has 1 fully saturated rings. The van der Waals surface area contributed by atoms with Gasteiger partial charge >= 0.3 is 11.9 Å². The third-order valence-corrected chi connectivity index (χ3v) is 4.86. The molecule has 0 aromatic heterocycles. The first kappa shape index (κ1) is 19.9. The summed E-state index contributed by atoms with van der Waals surface area (Å²) in [5, 5.41) is 8.90. The van der Waals surface area contributed by atoms with Gasteiger partial charge in [-0.05, 0) is 25.2 Å². The summed E-state index contributed by atoms with van der Waals surface area (Å²) >= 11 is 0. The van der Waals surface area contributed by atoms with E-state index in [1.807, 2.05) is 0 Å². The molecule has 1 aromatic carbocycles. The van der Waals surface area contributed by atoms with Gasteiger partial charge in [0.1, 0.15) is 6.61 Å². The van der Waals surface area contributed by atoms with Gasteiger partial charge in [-0.25, -0.2) is 22.4 Å². The average molecular weight is 374 g/mol. The molecule has 1 aliphatic carbocycles. The second-order valence-electron chi connectivity index (χ2n) is 6.95. The molecule has 2 atom stereocenters. The molecule has 0 radical (unpaired) electrons. The Bertz CT molecular complexity index is 785. The Hall–Kier alpha value is -2.38. The van der Waals surface area contributed by atoms with Crippen molar-refractivity contribution in [3.05, 3.63) is 46.0 Å². The number of rotatable bonds is 5. The minimum atomic E-state index is -1.61. The van der Waals surface area contributed by atoms with E-state index >= 15 is 0 Å². The summed E-state index contributed by atoms with van der Waals surface area (Å²) in [4.78, 5) is 23.1. The van der Waals surface area contributed by atoms with E-state index < -0.39 is 70.2 Å². The minimum absolute atomic E-state index is 0.0538. The number of carboxylic acid groups (broad SMARTS) is 1. The second-order valence-corrected chi connectivity index (χ2v) is 6.95. The van der Waals surface area contributed by atoms with Gasteiger partial charge < -0.3 is 9.84 Å². The summed E-state index contributed by atoms with van der Waals surface area (Å²) in [6.45, 7) is 4.72. The number of aliphatic carboxylic acids is 1. The van der Waals surface area contributed by atoms with Crippen LogP contribution in [0.2, 0.25) is 0 Å². The fourth-order valence-electron chi connectivity index (χ4n) is 2.93. The number of ether oxygens (including phenoxy) is 1. The maximum Gasteiger partial charge on any atom is 0.330 e. The van der Waals surface area contributed by atoms with Gasteiger partial charge in [-0.3, -0.25) is 4.79 Å². The number of halogens is 4. The molecule has 142 valence electrons. The number of carbonyl (C=O) groups is 2. The van der Waals surface area contributed by atoms with Crippen molar-refractivity contribution in [2.45, 2.75) is 34.3 Å². The number of allylic oxidation sites excluding steroid dienone is 1. The van der Waals surface area contributed by atoms with Gasteiger partial charge in [0.15, 0.2) is 23.3 Å². The van der Waals surface area contributed by atoms with Crippen molar-refractivity contribution in [2.75, 3.05) is 0 Å². The highest BCUT2D eigenvalue weighted by Crippen LogP contribution is 2.59. The van der Waals surface area contributed by atoms with Gasteiger partial charge in [0.25, 0.3) is 0 Å². The van der Waals surface area contributed by atoms with Crippen LogP contribution in [0, 0.1) is 47.4 Å². The van der Waals surface area contributed by atoms with E-state index in [9.17, 15) is 27.2 Å². The summed E-state index contributed by atoms with van der Waals surface area (Å²) in [6, 6.07) is 0. The fourth-order valence-corrected chi connectivity index (χ4v) is 2.93. The Kier molecular flexibility index (Phi) is 5.17. The summed E-state index contributed by atoms with van der Waals surface area (Å²) in [5.74, 6) is -9.40. The van der Waals surface area contributed by atoms with Crippen LogP contribution in [0.3, 0.4) is 0 Å². The quantitative estimate of drug-likeness (QED) is 0.368. The number of benzene rings is 1. The van der Waals surface area contributed by atoms with Crippen molar-refractivity contribution in [1.82, 2.24) is 0 Å². The van der Waals surface area contributed by atoms with Crippen LogP contribution in [0.4, 0.5) is 17.6 Å². The zero-order chi connectivity index (χ0) is 20.0. The van der Waals surface area contributed by atoms with Crippen molar-refractivity contribution in [2.24, 2.45) is 17.3 Å². The lowest BCUT2D eigenvalue weighted by molar-refractivity contribution is -0.147. The molecule has 0 heterocycles. The first-order chi connectivity index (χ1) is 11.9. The Morgan fingerprint density at radius 1 is 1.12 bits per heavy atom. The first-order valence-electron chi connectivity index (χ1n) is 7.81. The number of hydrogen-bond acceptors (Lipinski definition) is 3. The Balaban J connectivity index is 2.16. The number of hydrogen-bond donors (Lipinski definition) is 1. The van der Waals surface area contributed by atoms with Crippen LogP contribution in [0.5, 0.6) is 0 Å². The van der Waals surface area contributed by atoms with Crippen molar-refractivity contribution >= 4 is 11.9 Å². The lowest BCUT2D eigenvalue weighted by Gasteiger charge is -2.10. The zero-order valence-electron chi connectivity index (χ0n) is 14.6. The van der Waals surface area contributed by atoms with Crippen LogP contribution in [0.15, 0.2) is 11.6 Å². The molecule has 1 aliphatic rings. The third kappa shape index (κ3) is 3.32. The molecule has 8 heteroatoms. The summed E-state index contributed by atoms with van der Waals surface area (Å²) in [5.41, 5.74) is -2.36. The molecular weight excluding hydrogens is 356 g/mol. The van der Waals surface area contributed by atoms with Crippen LogP contribution in [-0.2, 0) is 20.9 Å². The molecule has 0 aliphatic heterocycles. The lowest BCUT2D eigenvalue weighted by Crippen LogP contribution is -2.14. The first-order valence-corrected chi connectivity index (χ1v) is 7.81. The molecule has 4 nitrogen and oxygen atoms in total. The Labute approximate surface area is 147 Å². The van der Waals surface area contributed by atoms with Crippen molar-refractivity contribution < 1.29 is 37.0 Å². The van der Waals surface area contributed by atoms with Gasteiger partial charge in [0, 0.05) is 11.1 Å². The predicted molar refractivity (Wildman–Crippen MR) is 83.0 cm³/mol. The van der Waals surface area contributed by atoms with Crippen LogP contribution >= 0.6 is 0 Å². The van der Waals surface area contributed by atoms with Crippen LogP contribution in [-0.4, -0.2) is 17.0 Å². The largest absolute Gasteiger partial charge is 0.478 e. The number of esters is 1. The topological polar surface area (TPSA) is 63.6 Å². The zero-order valence-corrected chi connectivity index (χ0v) is 14.6. The van der Waals surface area contributed by atoms with E-state index in [1.165, 1.54) is 13.0 Å². The molecule has 1 aromatic rings. The van der Waals surface area contributed by atoms with Gasteiger partial charge in [-0.15, -0.1) is 0 Å². The Morgan fingerprint density at radius 2 is 1.62 bits per heavy atom. The summed E-state index contributed by atoms with van der Waals surface area (Å²) in [7, 11) is 0. The van der Waals surface area contributed by atoms with Crippen LogP contribution in [0.25, 0.3) is 0 Å². The van der Waals surface area contributed by atoms with Gasteiger partial charge in [0.05, 0.1) is 11.5 Å². The molecule has 2 rings (SSSR count). The van der Waals surface area contributed by atoms with E-state index in [0.29, 0.717) is 0 Å². The maximum atomic E-state index is 13.8. The fraction of sp³-hybridized carbons (Fsp3) is 0.444. The van der Waals surface area contributed by atoms with Crippen molar-refractivity contribution in [1.29, 1.82) is 0 Å². The van der Waals surface area contributed by atoms with Crippen molar-refractivity contribution in [3.8, 4) is 0 Å². The smallest absolute Gasteiger partial charge is 0.330 e. The Morgan fingerprint density at radius 3 is 2.08 bits per heavy atom. The molecule has 0 saturated heterocycles. The van der Waals surface area contributed by atoms with Gasteiger partial charge in [-0.1, -0.05) is 19.9 Å². The maximum absolute atomic E-state index is 13.8. The number of carbonyl (C=O) groups excluding carboxylic acids is 1. The number of carboxylic acids is 1. The highest BCUT2D eigenvalue weighted by atomic mass is 19.2. The van der Waals surface area contributed by atoms with Gasteiger partial charge in [-0.2, -0.15) is 0 Å². The normalized spacial score (nSPS) is 21.5. The monoisotopic (exact) mass is 374 g/mol. The SMILES string of the molecule is CC(=CC1C(C(=O)OCc2c(F)c(F)c(C)c(F)c2F)C1(C)C)C(=O)O. The van der Waals surface area contributed by atoms with Crippen molar-refractivity contribution in [3.63, 3.8) is 0 Å².